The summed E-state index contributed by atoms with van der Waals surface area (Å²) in [4.78, 5) is 11.5. The summed E-state index contributed by atoms with van der Waals surface area (Å²) >= 11 is 6.04. The third kappa shape index (κ3) is 2.00. The van der Waals surface area contributed by atoms with Gasteiger partial charge in [-0.1, -0.05) is 41.9 Å². The van der Waals surface area contributed by atoms with Crippen molar-refractivity contribution in [3.05, 3.63) is 57.5 Å². The molecular weight excluding hydrogens is 264 g/mol. The molecule has 0 saturated carbocycles. The molecule has 0 N–H and O–H groups in total. The molecule has 2 aromatic heterocycles. The van der Waals surface area contributed by atoms with Gasteiger partial charge in [-0.25, -0.2) is 4.79 Å². The van der Waals surface area contributed by atoms with E-state index in [0.29, 0.717) is 16.7 Å². The standard InChI is InChI=1S/C14H9ClN2O2/c1-8-7-10(18)19-13-11(8)14(15)17-16-12(13)9-5-3-2-4-6-9/h2-7H,1H3. The molecule has 0 bridgehead atoms. The molecule has 4 nitrogen and oxygen atoms in total. The van der Waals surface area contributed by atoms with Crippen molar-refractivity contribution < 1.29 is 4.42 Å². The summed E-state index contributed by atoms with van der Waals surface area (Å²) in [5, 5.41) is 8.82. The summed E-state index contributed by atoms with van der Waals surface area (Å²) in [5.41, 5.74) is 2.01. The average Bonchev–Trinajstić information content (AvgIpc) is 2.39. The maximum Gasteiger partial charge on any atom is 0.336 e. The highest BCUT2D eigenvalue weighted by molar-refractivity contribution is 6.34. The maximum absolute atomic E-state index is 11.5. The Balaban J connectivity index is 2.45. The molecule has 0 aliphatic carbocycles. The summed E-state index contributed by atoms with van der Waals surface area (Å²) in [6.45, 7) is 1.79. The number of aromatic nitrogens is 2. The minimum Gasteiger partial charge on any atom is -0.420 e. The van der Waals surface area contributed by atoms with E-state index >= 15 is 0 Å². The maximum atomic E-state index is 11.5. The minimum absolute atomic E-state index is 0.232. The topological polar surface area (TPSA) is 56.0 Å². The van der Waals surface area contributed by atoms with Crippen LogP contribution in [0.1, 0.15) is 5.56 Å². The smallest absolute Gasteiger partial charge is 0.336 e. The summed E-state index contributed by atoms with van der Waals surface area (Å²) < 4.78 is 5.27. The van der Waals surface area contributed by atoms with E-state index < -0.39 is 5.63 Å². The van der Waals surface area contributed by atoms with Crippen molar-refractivity contribution in [2.24, 2.45) is 0 Å². The zero-order valence-corrected chi connectivity index (χ0v) is 10.8. The van der Waals surface area contributed by atoms with Crippen molar-refractivity contribution in [3.63, 3.8) is 0 Å². The molecule has 0 saturated heterocycles. The molecule has 1 aromatic carbocycles. The molecule has 2 heterocycles. The monoisotopic (exact) mass is 272 g/mol. The van der Waals surface area contributed by atoms with Crippen molar-refractivity contribution >= 4 is 22.6 Å². The fourth-order valence-corrected chi connectivity index (χ4v) is 2.28. The van der Waals surface area contributed by atoms with Crippen LogP contribution in [0, 0.1) is 6.92 Å². The van der Waals surface area contributed by atoms with Crippen LogP contribution in [0.2, 0.25) is 5.15 Å². The second-order valence-electron chi connectivity index (χ2n) is 4.16. The molecule has 0 aliphatic heterocycles. The zero-order chi connectivity index (χ0) is 13.4. The molecule has 0 atom stereocenters. The third-order valence-corrected chi connectivity index (χ3v) is 3.13. The lowest BCUT2D eigenvalue weighted by Gasteiger charge is -2.06. The Bertz CT molecular complexity index is 813. The third-order valence-electron chi connectivity index (χ3n) is 2.86. The van der Waals surface area contributed by atoms with Crippen molar-refractivity contribution in [1.29, 1.82) is 0 Å². The van der Waals surface area contributed by atoms with Crippen LogP contribution in [-0.2, 0) is 0 Å². The molecule has 3 rings (SSSR count). The first-order valence-corrected chi connectivity index (χ1v) is 6.06. The predicted molar refractivity (Wildman–Crippen MR) is 73.3 cm³/mol. The molecule has 19 heavy (non-hydrogen) atoms. The van der Waals surface area contributed by atoms with Crippen molar-refractivity contribution in [1.82, 2.24) is 10.2 Å². The van der Waals surface area contributed by atoms with E-state index in [-0.39, 0.29) is 5.15 Å². The van der Waals surface area contributed by atoms with E-state index in [1.165, 1.54) is 6.07 Å². The van der Waals surface area contributed by atoms with Gasteiger partial charge in [-0.2, -0.15) is 0 Å². The molecule has 0 radical (unpaired) electrons. The van der Waals surface area contributed by atoms with Crippen molar-refractivity contribution in [3.8, 4) is 11.3 Å². The largest absolute Gasteiger partial charge is 0.420 e. The summed E-state index contributed by atoms with van der Waals surface area (Å²) in [6.07, 6.45) is 0. The molecule has 0 amide bonds. The van der Waals surface area contributed by atoms with Crippen LogP contribution in [-0.4, -0.2) is 10.2 Å². The second kappa shape index (κ2) is 4.48. The first kappa shape index (κ1) is 11.9. The Kier molecular flexibility index (Phi) is 2.80. The lowest BCUT2D eigenvalue weighted by molar-refractivity contribution is 0.558. The molecule has 0 unspecified atom stereocenters. The normalized spacial score (nSPS) is 10.8. The minimum atomic E-state index is -0.425. The van der Waals surface area contributed by atoms with Crippen molar-refractivity contribution in [2.75, 3.05) is 0 Å². The van der Waals surface area contributed by atoms with Gasteiger partial charge in [-0.15, -0.1) is 10.2 Å². The average molecular weight is 273 g/mol. The summed E-state index contributed by atoms with van der Waals surface area (Å²) in [6, 6.07) is 10.8. The van der Waals surface area contributed by atoms with Crippen LogP contribution in [0.4, 0.5) is 0 Å². The predicted octanol–water partition coefficient (Wildman–Crippen LogP) is 3.21. The lowest BCUT2D eigenvalue weighted by atomic mass is 10.1. The van der Waals surface area contributed by atoms with Gasteiger partial charge in [0.05, 0.1) is 5.39 Å². The number of hydrogen-bond donors (Lipinski definition) is 0. The summed E-state index contributed by atoms with van der Waals surface area (Å²) in [5.74, 6) is 0. The quantitative estimate of drug-likeness (QED) is 0.682. The van der Waals surface area contributed by atoms with Gasteiger partial charge in [0.15, 0.2) is 10.7 Å². The number of hydrogen-bond acceptors (Lipinski definition) is 4. The van der Waals surface area contributed by atoms with Gasteiger partial charge in [0.25, 0.3) is 0 Å². The van der Waals surface area contributed by atoms with Crippen LogP contribution in [0.3, 0.4) is 0 Å². The fraction of sp³-hybridized carbons (Fsp3) is 0.0714. The van der Waals surface area contributed by atoms with E-state index in [0.717, 1.165) is 11.1 Å². The molecule has 94 valence electrons. The Morgan fingerprint density at radius 3 is 2.63 bits per heavy atom. The van der Waals surface area contributed by atoms with Gasteiger partial charge in [-0.05, 0) is 12.5 Å². The van der Waals surface area contributed by atoms with Gasteiger partial charge >= 0.3 is 5.63 Å². The molecule has 5 heteroatoms. The summed E-state index contributed by atoms with van der Waals surface area (Å²) in [7, 11) is 0. The zero-order valence-electron chi connectivity index (χ0n) is 10.1. The van der Waals surface area contributed by atoms with Crippen molar-refractivity contribution in [2.45, 2.75) is 6.92 Å². The molecule has 0 fully saturated rings. The van der Waals surface area contributed by atoms with E-state index in [4.69, 9.17) is 16.0 Å². The highest BCUT2D eigenvalue weighted by Crippen LogP contribution is 2.30. The SMILES string of the molecule is Cc1cc(=O)oc2c(-c3ccccc3)nnc(Cl)c12. The van der Waals surface area contributed by atoms with E-state index in [1.807, 2.05) is 30.3 Å². The van der Waals surface area contributed by atoms with Crippen LogP contribution in [0.15, 0.2) is 45.6 Å². The number of aryl methyl sites for hydroxylation is 1. The first-order valence-electron chi connectivity index (χ1n) is 5.69. The van der Waals surface area contributed by atoms with Crippen LogP contribution in [0.25, 0.3) is 22.2 Å². The van der Waals surface area contributed by atoms with Crippen LogP contribution >= 0.6 is 11.6 Å². The van der Waals surface area contributed by atoms with Crippen LogP contribution < -0.4 is 5.63 Å². The first-order chi connectivity index (χ1) is 9.16. The number of nitrogens with zero attached hydrogens (tertiary/aromatic N) is 2. The van der Waals surface area contributed by atoms with Gasteiger partial charge in [0.1, 0.15) is 5.69 Å². The molecule has 3 aromatic rings. The van der Waals surface area contributed by atoms with Gasteiger partial charge < -0.3 is 4.42 Å². The number of halogens is 1. The Labute approximate surface area is 113 Å². The molecule has 0 spiro atoms. The van der Waals surface area contributed by atoms with E-state index in [9.17, 15) is 4.79 Å². The highest BCUT2D eigenvalue weighted by atomic mass is 35.5. The number of benzene rings is 1. The van der Waals surface area contributed by atoms with Crippen LogP contribution in [0.5, 0.6) is 0 Å². The van der Waals surface area contributed by atoms with Gasteiger partial charge in [0, 0.05) is 11.6 Å². The fourth-order valence-electron chi connectivity index (χ4n) is 2.01. The highest BCUT2D eigenvalue weighted by Gasteiger charge is 2.14. The lowest BCUT2D eigenvalue weighted by Crippen LogP contribution is -2.01. The number of rotatable bonds is 1. The number of fused-ring (bicyclic) bond motifs is 1. The second-order valence-corrected chi connectivity index (χ2v) is 4.52. The molecule has 0 aliphatic rings. The van der Waals surface area contributed by atoms with Gasteiger partial charge in [0.2, 0.25) is 0 Å². The van der Waals surface area contributed by atoms with E-state index in [1.54, 1.807) is 6.92 Å². The van der Waals surface area contributed by atoms with E-state index in [2.05, 4.69) is 10.2 Å². The Hall–Kier alpha value is -2.20. The van der Waals surface area contributed by atoms with Gasteiger partial charge in [-0.3, -0.25) is 0 Å². The Morgan fingerprint density at radius 2 is 1.89 bits per heavy atom. The Morgan fingerprint density at radius 1 is 1.16 bits per heavy atom. The molecular formula is C14H9ClN2O2.